The van der Waals surface area contributed by atoms with Crippen molar-refractivity contribution in [2.24, 2.45) is 17.3 Å². The molecule has 2 unspecified atom stereocenters. The van der Waals surface area contributed by atoms with Crippen LogP contribution in [0, 0.1) is 17.3 Å². The molecule has 1 aromatic carbocycles. The van der Waals surface area contributed by atoms with Crippen molar-refractivity contribution in [3.05, 3.63) is 54.4 Å². The van der Waals surface area contributed by atoms with Crippen LogP contribution >= 0.6 is 0 Å². The molecule has 26 heavy (non-hydrogen) atoms. The van der Waals surface area contributed by atoms with Crippen LogP contribution in [0.4, 0.5) is 5.69 Å². The zero-order valence-electron chi connectivity index (χ0n) is 14.7. The minimum atomic E-state index is -3.48. The number of rotatable bonds is 4. The van der Waals surface area contributed by atoms with Crippen molar-refractivity contribution < 1.29 is 13.2 Å². The molecule has 1 aliphatic heterocycles. The van der Waals surface area contributed by atoms with Crippen LogP contribution in [0.15, 0.2) is 53.7 Å². The molecule has 2 atom stereocenters. The lowest BCUT2D eigenvalue weighted by molar-refractivity contribution is 0.102. The Hall–Kier alpha value is -2.25. The van der Waals surface area contributed by atoms with Gasteiger partial charge >= 0.3 is 0 Å². The van der Waals surface area contributed by atoms with Crippen LogP contribution in [-0.2, 0) is 10.0 Å². The summed E-state index contributed by atoms with van der Waals surface area (Å²) in [5.74, 6) is 0.678. The molecule has 0 spiro atoms. The SMILES string of the molecule is CC1(C)C2CN(S(=O)(=O)c3ccc(NC(=O)c4ccncc4)cc3)CC21. The molecule has 2 aliphatic rings. The number of aromatic nitrogens is 1. The molecule has 1 aliphatic carbocycles. The van der Waals surface area contributed by atoms with Gasteiger partial charge in [0.05, 0.1) is 4.90 Å². The summed E-state index contributed by atoms with van der Waals surface area (Å²) >= 11 is 0. The number of pyridine rings is 1. The number of benzene rings is 1. The first-order valence-electron chi connectivity index (χ1n) is 8.62. The smallest absolute Gasteiger partial charge is 0.255 e. The number of fused-ring (bicyclic) bond motifs is 1. The maximum absolute atomic E-state index is 12.8. The minimum Gasteiger partial charge on any atom is -0.322 e. The number of carbonyl (C=O) groups excluding carboxylic acids is 1. The molecule has 1 saturated heterocycles. The lowest BCUT2D eigenvalue weighted by atomic mass is 10.1. The monoisotopic (exact) mass is 371 g/mol. The topological polar surface area (TPSA) is 79.4 Å². The highest BCUT2D eigenvalue weighted by molar-refractivity contribution is 7.89. The van der Waals surface area contributed by atoms with Crippen LogP contribution in [0.5, 0.6) is 0 Å². The predicted molar refractivity (Wildman–Crippen MR) is 98.2 cm³/mol. The summed E-state index contributed by atoms with van der Waals surface area (Å²) < 4.78 is 27.2. The third-order valence-electron chi connectivity index (χ3n) is 5.78. The van der Waals surface area contributed by atoms with Crippen LogP contribution in [0.2, 0.25) is 0 Å². The number of anilines is 1. The van der Waals surface area contributed by atoms with E-state index in [1.165, 1.54) is 0 Å². The van der Waals surface area contributed by atoms with E-state index >= 15 is 0 Å². The van der Waals surface area contributed by atoms with Crippen molar-refractivity contribution in [3.63, 3.8) is 0 Å². The van der Waals surface area contributed by atoms with Crippen molar-refractivity contribution in [2.75, 3.05) is 18.4 Å². The summed E-state index contributed by atoms with van der Waals surface area (Å²) in [5, 5.41) is 2.76. The van der Waals surface area contributed by atoms with Gasteiger partial charge in [0.1, 0.15) is 0 Å². The Kier molecular flexibility index (Phi) is 3.89. The average Bonchev–Trinajstić information content (AvgIpc) is 3.00. The number of nitrogens with one attached hydrogen (secondary N) is 1. The lowest BCUT2D eigenvalue weighted by Gasteiger charge is -2.21. The zero-order chi connectivity index (χ0) is 18.5. The van der Waals surface area contributed by atoms with Gasteiger partial charge in [-0.15, -0.1) is 0 Å². The fourth-order valence-electron chi connectivity index (χ4n) is 3.86. The number of amides is 1. The number of sulfonamides is 1. The average molecular weight is 371 g/mol. The zero-order valence-corrected chi connectivity index (χ0v) is 15.5. The lowest BCUT2D eigenvalue weighted by Crippen LogP contribution is -2.32. The number of carbonyl (C=O) groups is 1. The highest BCUT2D eigenvalue weighted by Crippen LogP contribution is 2.62. The summed E-state index contributed by atoms with van der Waals surface area (Å²) in [6.45, 7) is 5.60. The number of piperidine rings is 1. The number of hydrogen-bond acceptors (Lipinski definition) is 4. The Balaban J connectivity index is 1.45. The minimum absolute atomic E-state index is 0.259. The Bertz CT molecular complexity index is 926. The van der Waals surface area contributed by atoms with Gasteiger partial charge in [-0.2, -0.15) is 4.31 Å². The van der Waals surface area contributed by atoms with Crippen LogP contribution < -0.4 is 5.32 Å². The Labute approximate surface area is 153 Å². The molecule has 2 heterocycles. The summed E-state index contributed by atoms with van der Waals surface area (Å²) in [7, 11) is -3.48. The van der Waals surface area contributed by atoms with Gasteiger partial charge in [-0.3, -0.25) is 9.78 Å². The second-order valence-corrected chi connectivity index (χ2v) is 9.51. The Morgan fingerprint density at radius 3 is 2.23 bits per heavy atom. The van der Waals surface area contributed by atoms with Crippen molar-refractivity contribution in [1.29, 1.82) is 0 Å². The second-order valence-electron chi connectivity index (χ2n) is 7.57. The van der Waals surface area contributed by atoms with Crippen LogP contribution in [0.25, 0.3) is 0 Å². The van der Waals surface area contributed by atoms with Crippen molar-refractivity contribution in [1.82, 2.24) is 9.29 Å². The van der Waals surface area contributed by atoms with Crippen LogP contribution in [0.1, 0.15) is 24.2 Å². The predicted octanol–water partition coefficient (Wildman–Crippen LogP) is 2.61. The standard InChI is InChI=1S/C19H21N3O3S/c1-19(2)16-11-22(12-17(16)19)26(24,25)15-5-3-14(4-6-15)21-18(23)13-7-9-20-10-8-13/h3-10,16-17H,11-12H2,1-2H3,(H,21,23). The van der Waals surface area contributed by atoms with Crippen molar-refractivity contribution in [2.45, 2.75) is 18.7 Å². The van der Waals surface area contributed by atoms with Gasteiger partial charge in [-0.05, 0) is 53.6 Å². The van der Waals surface area contributed by atoms with E-state index in [-0.39, 0.29) is 16.2 Å². The van der Waals surface area contributed by atoms with Gasteiger partial charge in [0.2, 0.25) is 10.0 Å². The molecule has 1 N–H and O–H groups in total. The summed E-state index contributed by atoms with van der Waals surface area (Å²) in [5.41, 5.74) is 1.32. The summed E-state index contributed by atoms with van der Waals surface area (Å²) in [6.07, 6.45) is 3.10. The third-order valence-corrected chi connectivity index (χ3v) is 7.63. The second kappa shape index (κ2) is 5.89. The Morgan fingerprint density at radius 1 is 1.08 bits per heavy atom. The summed E-state index contributed by atoms with van der Waals surface area (Å²) in [4.78, 5) is 16.3. The Morgan fingerprint density at radius 2 is 1.65 bits per heavy atom. The largest absolute Gasteiger partial charge is 0.322 e. The molecule has 7 heteroatoms. The van der Waals surface area contributed by atoms with E-state index < -0.39 is 10.0 Å². The van der Waals surface area contributed by atoms with Crippen molar-refractivity contribution in [3.8, 4) is 0 Å². The normalized spacial score (nSPS) is 24.1. The molecule has 2 fully saturated rings. The highest BCUT2D eigenvalue weighted by Gasteiger charge is 2.63. The quantitative estimate of drug-likeness (QED) is 0.896. The molecule has 1 saturated carbocycles. The van der Waals surface area contributed by atoms with E-state index in [2.05, 4.69) is 24.1 Å². The first-order valence-corrected chi connectivity index (χ1v) is 10.1. The fraction of sp³-hybridized carbons (Fsp3) is 0.368. The summed E-state index contributed by atoms with van der Waals surface area (Å²) in [6, 6.07) is 9.57. The molecule has 4 rings (SSSR count). The van der Waals surface area contributed by atoms with E-state index in [0.717, 1.165) is 0 Å². The van der Waals surface area contributed by atoms with Crippen molar-refractivity contribution >= 4 is 21.6 Å². The molecule has 0 bridgehead atoms. The number of nitrogens with zero attached hydrogens (tertiary/aromatic N) is 2. The van der Waals surface area contributed by atoms with E-state index in [4.69, 9.17) is 0 Å². The van der Waals surface area contributed by atoms with Gasteiger partial charge < -0.3 is 5.32 Å². The van der Waals surface area contributed by atoms with E-state index in [1.807, 2.05) is 0 Å². The molecule has 0 radical (unpaired) electrons. The first-order chi connectivity index (χ1) is 12.3. The van der Waals surface area contributed by atoms with Gasteiger partial charge in [0.25, 0.3) is 5.91 Å². The van der Waals surface area contributed by atoms with Gasteiger partial charge in [-0.1, -0.05) is 13.8 Å². The number of hydrogen-bond donors (Lipinski definition) is 1. The third kappa shape index (κ3) is 2.81. The molecule has 1 amide bonds. The van der Waals surface area contributed by atoms with E-state index in [0.29, 0.717) is 36.2 Å². The molecule has 1 aromatic heterocycles. The van der Waals surface area contributed by atoms with E-state index in [9.17, 15) is 13.2 Å². The molecule has 6 nitrogen and oxygen atoms in total. The van der Waals surface area contributed by atoms with Gasteiger partial charge in [-0.25, -0.2) is 8.42 Å². The van der Waals surface area contributed by atoms with Gasteiger partial charge in [0.15, 0.2) is 0 Å². The van der Waals surface area contributed by atoms with E-state index in [1.54, 1.807) is 53.1 Å². The molecular weight excluding hydrogens is 350 g/mol. The maximum Gasteiger partial charge on any atom is 0.255 e. The molecular formula is C19H21N3O3S. The fourth-order valence-corrected chi connectivity index (χ4v) is 5.35. The highest BCUT2D eigenvalue weighted by atomic mass is 32.2. The van der Waals surface area contributed by atoms with Gasteiger partial charge in [0, 0.05) is 36.7 Å². The van der Waals surface area contributed by atoms with Crippen LogP contribution in [-0.4, -0.2) is 36.7 Å². The first kappa shape index (κ1) is 17.2. The van der Waals surface area contributed by atoms with Crippen LogP contribution in [0.3, 0.4) is 0 Å². The maximum atomic E-state index is 12.8. The molecule has 136 valence electrons. The molecule has 2 aromatic rings.